The average molecular weight is 577 g/mol. The highest BCUT2D eigenvalue weighted by molar-refractivity contribution is 7.95. The zero-order valence-electron chi connectivity index (χ0n) is 23.3. The number of para-hydroxylation sites is 1. The van der Waals surface area contributed by atoms with Crippen molar-refractivity contribution < 1.29 is 27.4 Å². The summed E-state index contributed by atoms with van der Waals surface area (Å²) < 4.78 is 49.7. The monoisotopic (exact) mass is 576 g/mol. The van der Waals surface area contributed by atoms with Crippen LogP contribution in [0.5, 0.6) is 11.5 Å². The lowest BCUT2D eigenvalue weighted by Crippen LogP contribution is -2.42. The highest BCUT2D eigenvalue weighted by atomic mass is 32.2. The lowest BCUT2D eigenvalue weighted by molar-refractivity contribution is -0.118. The number of aromatic hydroxyl groups is 1. The first-order valence-corrected chi connectivity index (χ1v) is 15.0. The predicted molar refractivity (Wildman–Crippen MR) is 158 cm³/mol. The van der Waals surface area contributed by atoms with Gasteiger partial charge in [-0.2, -0.15) is 0 Å². The fourth-order valence-electron chi connectivity index (χ4n) is 5.54. The number of hydrogen-bond donors (Lipinski definition) is 2. The van der Waals surface area contributed by atoms with Crippen molar-refractivity contribution >= 4 is 27.1 Å². The third kappa shape index (κ3) is 5.72. The van der Waals surface area contributed by atoms with Crippen molar-refractivity contribution in [2.24, 2.45) is 5.41 Å². The number of halogens is 1. The fourth-order valence-corrected chi connectivity index (χ4v) is 7.90. The maximum absolute atomic E-state index is 16.0. The Hall–Kier alpha value is -4.11. The van der Waals surface area contributed by atoms with Gasteiger partial charge in [-0.3, -0.25) is 9.69 Å². The van der Waals surface area contributed by atoms with Crippen molar-refractivity contribution in [3.05, 3.63) is 106 Å². The molecule has 1 atom stereocenters. The summed E-state index contributed by atoms with van der Waals surface area (Å²) in [5, 5.41) is 14.1. The molecule has 5 rings (SSSR count). The third-order valence-corrected chi connectivity index (χ3v) is 9.45. The van der Waals surface area contributed by atoms with E-state index >= 15 is 4.39 Å². The van der Waals surface area contributed by atoms with E-state index in [0.29, 0.717) is 17.7 Å². The maximum atomic E-state index is 16.0. The minimum absolute atomic E-state index is 0.00265. The first-order valence-electron chi connectivity index (χ1n) is 13.3. The molecule has 0 fully saturated rings. The number of fused-ring (bicyclic) bond motifs is 1. The predicted octanol–water partition coefficient (Wildman–Crippen LogP) is 6.29. The van der Waals surface area contributed by atoms with E-state index in [0.717, 1.165) is 5.57 Å². The van der Waals surface area contributed by atoms with Gasteiger partial charge in [0.15, 0.2) is 9.84 Å². The zero-order chi connectivity index (χ0) is 29.5. The molecule has 41 heavy (non-hydrogen) atoms. The van der Waals surface area contributed by atoms with Crippen LogP contribution in [0.15, 0.2) is 89.5 Å². The number of phenolic OH excluding ortho intramolecular Hbond substituents is 1. The highest BCUT2D eigenvalue weighted by Gasteiger charge is 2.47. The fraction of sp³-hybridized carbons (Fsp3) is 0.281. The summed E-state index contributed by atoms with van der Waals surface area (Å²) in [5.74, 6) is -1.25. The number of benzene rings is 3. The average Bonchev–Trinajstić information content (AvgIpc) is 3.02. The van der Waals surface area contributed by atoms with E-state index in [-0.39, 0.29) is 52.1 Å². The van der Waals surface area contributed by atoms with E-state index < -0.39 is 33.0 Å². The number of rotatable bonds is 6. The summed E-state index contributed by atoms with van der Waals surface area (Å²) in [4.78, 5) is 15.4. The van der Waals surface area contributed by atoms with E-state index in [2.05, 4.69) is 11.9 Å². The molecule has 1 unspecified atom stereocenters. The maximum Gasteiger partial charge on any atom is 0.232 e. The Morgan fingerprint density at radius 3 is 2.56 bits per heavy atom. The molecule has 0 aromatic heterocycles. The van der Waals surface area contributed by atoms with Crippen LogP contribution in [0.1, 0.15) is 44.4 Å². The molecule has 2 heterocycles. The molecular formula is C32H33FN2O5S. The number of carbonyl (C=O) groups is 1. The number of amides is 1. The van der Waals surface area contributed by atoms with Crippen LogP contribution in [0, 0.1) is 11.2 Å². The molecule has 2 aliphatic rings. The zero-order valence-corrected chi connectivity index (χ0v) is 24.1. The van der Waals surface area contributed by atoms with Gasteiger partial charge in [-0.05, 0) is 54.2 Å². The Morgan fingerprint density at radius 1 is 1.15 bits per heavy atom. The second-order valence-electron chi connectivity index (χ2n) is 11.5. The van der Waals surface area contributed by atoms with E-state index in [1.807, 2.05) is 32.0 Å². The van der Waals surface area contributed by atoms with Gasteiger partial charge in [0.25, 0.3) is 0 Å². The molecule has 0 spiro atoms. The van der Waals surface area contributed by atoms with Crippen molar-refractivity contribution in [2.45, 2.75) is 39.7 Å². The number of carbonyl (C=O) groups excluding carboxylic acids is 1. The van der Waals surface area contributed by atoms with Crippen molar-refractivity contribution in [2.75, 3.05) is 22.6 Å². The molecule has 7 nitrogen and oxygen atoms in total. The number of anilines is 2. The molecule has 1 amide bonds. The number of nitrogens with zero attached hydrogens (tertiary/aromatic N) is 1. The van der Waals surface area contributed by atoms with E-state index in [1.54, 1.807) is 37.3 Å². The second-order valence-corrected chi connectivity index (χ2v) is 13.5. The molecule has 0 saturated carbocycles. The van der Waals surface area contributed by atoms with Crippen LogP contribution in [-0.4, -0.2) is 31.8 Å². The summed E-state index contributed by atoms with van der Waals surface area (Å²) in [6.07, 6.45) is 0.246. The minimum Gasteiger partial charge on any atom is -0.506 e. The van der Waals surface area contributed by atoms with Crippen LogP contribution in [0.2, 0.25) is 0 Å². The number of allylic oxidation sites excluding steroid dienone is 1. The molecule has 3 aromatic rings. The molecular weight excluding hydrogens is 543 g/mol. The van der Waals surface area contributed by atoms with E-state index in [1.165, 1.54) is 23.1 Å². The van der Waals surface area contributed by atoms with Crippen molar-refractivity contribution in [3.8, 4) is 11.5 Å². The molecule has 9 heteroatoms. The number of sulfone groups is 1. The van der Waals surface area contributed by atoms with Crippen LogP contribution in [0.3, 0.4) is 0 Å². The quantitative estimate of drug-likeness (QED) is 0.265. The molecule has 2 N–H and O–H groups in total. The molecule has 0 radical (unpaired) electrons. The Balaban J connectivity index is 1.76. The van der Waals surface area contributed by atoms with Gasteiger partial charge in [0.05, 0.1) is 22.8 Å². The van der Waals surface area contributed by atoms with Gasteiger partial charge in [-0.1, -0.05) is 56.8 Å². The molecule has 214 valence electrons. The molecule has 3 aromatic carbocycles. The topological polar surface area (TPSA) is 95.9 Å². The standard InChI is InChI=1S/C32H33FN2O5S/c1-20(2)18-40-22-13-14-23(24(33)16-22)30-31-25(17-32(3,4)19-41(31,38)39)34-29-26(11-8-12-27(29)36)35(30)28(37)15-21-9-6-5-7-10-21/h5-14,16,30,34,36H,1,15,17-19H2,2-4H3. The summed E-state index contributed by atoms with van der Waals surface area (Å²) >= 11 is 0. The van der Waals surface area contributed by atoms with E-state index in [9.17, 15) is 18.3 Å². The van der Waals surface area contributed by atoms with Crippen molar-refractivity contribution in [1.29, 1.82) is 0 Å². The number of hydrogen-bond acceptors (Lipinski definition) is 6. The second kappa shape index (κ2) is 10.7. The van der Waals surface area contributed by atoms with Crippen molar-refractivity contribution in [1.82, 2.24) is 0 Å². The largest absolute Gasteiger partial charge is 0.506 e. The number of nitrogens with one attached hydrogen (secondary N) is 1. The summed E-state index contributed by atoms with van der Waals surface area (Å²) in [5.41, 5.74) is 1.60. The van der Waals surface area contributed by atoms with Crippen LogP contribution < -0.4 is 15.0 Å². The van der Waals surface area contributed by atoms with Gasteiger partial charge >= 0.3 is 0 Å². The Bertz CT molecular complexity index is 1660. The molecule has 2 aliphatic heterocycles. The lowest BCUT2D eigenvalue weighted by atomic mass is 9.88. The van der Waals surface area contributed by atoms with Gasteiger partial charge in [-0.25, -0.2) is 12.8 Å². The first-order chi connectivity index (χ1) is 19.4. The van der Waals surface area contributed by atoms with Gasteiger partial charge in [0.1, 0.15) is 35.7 Å². The van der Waals surface area contributed by atoms with Crippen LogP contribution in [0.4, 0.5) is 15.8 Å². The number of phenols is 1. The van der Waals surface area contributed by atoms with Gasteiger partial charge in [-0.15, -0.1) is 0 Å². The SMILES string of the molecule is C=C(C)COc1ccc(C2C3=C(CC(C)(C)CS3(=O)=O)Nc3c(O)cccc3N2C(=O)Cc2ccccc2)c(F)c1. The van der Waals surface area contributed by atoms with Crippen LogP contribution in [-0.2, 0) is 21.1 Å². The summed E-state index contributed by atoms with van der Waals surface area (Å²) in [7, 11) is -4.00. The summed E-state index contributed by atoms with van der Waals surface area (Å²) in [6.45, 7) is 9.46. The Labute approximate surface area is 239 Å². The Kier molecular flexibility index (Phi) is 7.42. The lowest BCUT2D eigenvalue weighted by Gasteiger charge is -2.37. The Morgan fingerprint density at radius 2 is 1.88 bits per heavy atom. The summed E-state index contributed by atoms with van der Waals surface area (Å²) in [6, 6.07) is 16.6. The smallest absolute Gasteiger partial charge is 0.232 e. The van der Waals surface area contributed by atoms with Crippen LogP contribution in [0.25, 0.3) is 0 Å². The molecule has 0 aliphatic carbocycles. The van der Waals surface area contributed by atoms with E-state index in [4.69, 9.17) is 4.74 Å². The highest BCUT2D eigenvalue weighted by Crippen LogP contribution is 2.51. The van der Waals surface area contributed by atoms with Gasteiger partial charge in [0.2, 0.25) is 5.91 Å². The molecule has 0 bridgehead atoms. The van der Waals surface area contributed by atoms with Crippen LogP contribution >= 0.6 is 0 Å². The van der Waals surface area contributed by atoms with Gasteiger partial charge in [0, 0.05) is 17.3 Å². The van der Waals surface area contributed by atoms with Crippen molar-refractivity contribution in [3.63, 3.8) is 0 Å². The molecule has 0 saturated heterocycles. The minimum atomic E-state index is -4.00. The van der Waals surface area contributed by atoms with Gasteiger partial charge < -0.3 is 15.2 Å². The third-order valence-electron chi connectivity index (χ3n) is 7.15. The normalized spacial score (nSPS) is 18.9. The number of ether oxygens (including phenoxy) is 1. The first kappa shape index (κ1) is 28.4.